The highest BCUT2D eigenvalue weighted by Gasteiger charge is 2.29. The van der Waals surface area contributed by atoms with Crippen LogP contribution < -0.4 is 4.72 Å². The summed E-state index contributed by atoms with van der Waals surface area (Å²) in [7, 11) is -4.19. The molecular weight excluding hydrogens is 636 g/mol. The maximum atomic E-state index is 13.6. The second kappa shape index (κ2) is 13.2. The number of hydrogen-bond donors (Lipinski definition) is 1. The number of sulfonamides is 1. The van der Waals surface area contributed by atoms with Crippen molar-refractivity contribution >= 4 is 50.7 Å². The summed E-state index contributed by atoms with van der Waals surface area (Å²) < 4.78 is 45.0. The first-order valence-corrected chi connectivity index (χ1v) is 15.9. The predicted molar refractivity (Wildman–Crippen MR) is 164 cm³/mol. The molecule has 0 radical (unpaired) electrons. The van der Waals surface area contributed by atoms with E-state index in [1.54, 1.807) is 34.9 Å². The Labute approximate surface area is 260 Å². The van der Waals surface area contributed by atoms with Gasteiger partial charge in [-0.05, 0) is 60.0 Å². The van der Waals surface area contributed by atoms with Crippen molar-refractivity contribution in [1.29, 1.82) is 0 Å². The molecule has 9 nitrogen and oxygen atoms in total. The molecule has 0 aliphatic carbocycles. The molecule has 0 aliphatic heterocycles. The normalized spacial score (nSPS) is 12.3. The van der Waals surface area contributed by atoms with Crippen LogP contribution in [0, 0.1) is 15.9 Å². The summed E-state index contributed by atoms with van der Waals surface area (Å²) in [5.74, 6) is 0.318. The van der Waals surface area contributed by atoms with Crippen LogP contribution in [0.25, 0.3) is 5.69 Å². The van der Waals surface area contributed by atoms with Crippen molar-refractivity contribution in [1.82, 2.24) is 19.5 Å². The van der Waals surface area contributed by atoms with Crippen molar-refractivity contribution in [3.63, 3.8) is 0 Å². The van der Waals surface area contributed by atoms with Crippen LogP contribution >= 0.6 is 35.0 Å². The number of rotatable bonds is 11. The largest absolute Gasteiger partial charge is 0.271 e. The number of thioether (sulfide) groups is 1. The number of nitrogens with zero attached hydrogens (tertiary/aromatic N) is 4. The van der Waals surface area contributed by atoms with Gasteiger partial charge in [0.05, 0.1) is 26.6 Å². The topological polar surface area (TPSA) is 120 Å². The molecule has 1 atom stereocenters. The highest BCUT2D eigenvalue weighted by molar-refractivity contribution is 7.98. The maximum absolute atomic E-state index is 13.6. The lowest BCUT2D eigenvalue weighted by atomic mass is 10.1. The molecule has 5 rings (SSSR count). The number of halogens is 3. The monoisotopic (exact) mass is 657 g/mol. The molecule has 0 amide bonds. The van der Waals surface area contributed by atoms with Crippen LogP contribution in [0.2, 0.25) is 10.0 Å². The molecule has 220 valence electrons. The standard InChI is InChI=1S/C29H22Cl2FN5O4S2/c30-21-8-15-27(25(31)17-21)36-28(33-34-29(36)42-18-20-6-9-22(32)10-7-20)26(16-19-4-2-1-3-5-19)35-43(40,41)24-13-11-23(12-14-24)37(38)39/h1-15,17,26,35H,16,18H2. The Hall–Kier alpha value is -3.81. The number of benzene rings is 4. The maximum Gasteiger partial charge on any atom is 0.269 e. The van der Waals surface area contributed by atoms with Gasteiger partial charge in [0, 0.05) is 22.9 Å². The second-order valence-corrected chi connectivity index (χ2v) is 12.8. The van der Waals surface area contributed by atoms with Gasteiger partial charge < -0.3 is 0 Å². The predicted octanol–water partition coefficient (Wildman–Crippen LogP) is 7.18. The van der Waals surface area contributed by atoms with E-state index in [0.29, 0.717) is 21.6 Å². The zero-order valence-corrected chi connectivity index (χ0v) is 25.2. The van der Waals surface area contributed by atoms with E-state index in [0.717, 1.165) is 23.3 Å². The Morgan fingerprint density at radius 2 is 1.63 bits per heavy atom. The van der Waals surface area contributed by atoms with E-state index in [9.17, 15) is 22.9 Å². The average Bonchev–Trinajstić information content (AvgIpc) is 3.40. The molecule has 0 spiro atoms. The van der Waals surface area contributed by atoms with Gasteiger partial charge >= 0.3 is 0 Å². The number of hydrogen-bond acceptors (Lipinski definition) is 7. The Morgan fingerprint density at radius 3 is 2.28 bits per heavy atom. The molecule has 43 heavy (non-hydrogen) atoms. The van der Waals surface area contributed by atoms with E-state index < -0.39 is 21.0 Å². The van der Waals surface area contributed by atoms with Gasteiger partial charge in [-0.1, -0.05) is 77.4 Å². The fraction of sp³-hybridized carbons (Fsp3) is 0.103. The molecule has 1 heterocycles. The van der Waals surface area contributed by atoms with Crippen LogP contribution in [0.1, 0.15) is 23.0 Å². The lowest BCUT2D eigenvalue weighted by Crippen LogP contribution is -2.32. The van der Waals surface area contributed by atoms with Crippen molar-refractivity contribution in [3.8, 4) is 5.69 Å². The molecule has 14 heteroatoms. The molecule has 1 aromatic heterocycles. The third-order valence-electron chi connectivity index (χ3n) is 6.34. The van der Waals surface area contributed by atoms with E-state index in [4.69, 9.17) is 23.2 Å². The van der Waals surface area contributed by atoms with Crippen LogP contribution in [0.3, 0.4) is 0 Å². The van der Waals surface area contributed by atoms with Gasteiger partial charge in [0.15, 0.2) is 11.0 Å². The van der Waals surface area contributed by atoms with Crippen molar-refractivity contribution in [2.75, 3.05) is 0 Å². The van der Waals surface area contributed by atoms with Crippen molar-refractivity contribution in [3.05, 3.63) is 140 Å². The minimum absolute atomic E-state index is 0.155. The Kier molecular flexibility index (Phi) is 9.43. The summed E-state index contributed by atoms with van der Waals surface area (Å²) in [6.45, 7) is 0. The molecule has 4 aromatic carbocycles. The molecule has 0 aliphatic rings. The molecule has 1 unspecified atom stereocenters. The van der Waals surface area contributed by atoms with Gasteiger partial charge in [-0.15, -0.1) is 10.2 Å². The molecule has 1 N–H and O–H groups in total. The van der Waals surface area contributed by atoms with E-state index >= 15 is 0 Å². The number of nitro groups is 1. The molecular formula is C29H22Cl2FN5O4S2. The zero-order chi connectivity index (χ0) is 30.6. The van der Waals surface area contributed by atoms with Crippen molar-refractivity contribution in [2.24, 2.45) is 0 Å². The fourth-order valence-corrected chi connectivity index (χ4v) is 6.85. The van der Waals surface area contributed by atoms with Gasteiger partial charge in [0.1, 0.15) is 5.82 Å². The summed E-state index contributed by atoms with van der Waals surface area (Å²) in [6, 6.07) is 23.8. The van der Waals surface area contributed by atoms with Gasteiger partial charge in [-0.3, -0.25) is 14.7 Å². The number of aromatic nitrogens is 3. The molecule has 0 bridgehead atoms. The third-order valence-corrected chi connectivity index (χ3v) is 9.37. The van der Waals surface area contributed by atoms with Crippen LogP contribution in [-0.2, 0) is 22.2 Å². The first kappa shape index (κ1) is 30.6. The Bertz CT molecular complexity index is 1860. The van der Waals surface area contributed by atoms with E-state index in [1.165, 1.54) is 36.0 Å². The molecule has 0 fully saturated rings. The second-order valence-electron chi connectivity index (χ2n) is 9.30. The first-order valence-electron chi connectivity index (χ1n) is 12.7. The molecule has 5 aromatic rings. The molecule has 0 saturated carbocycles. The van der Waals surface area contributed by atoms with Crippen LogP contribution in [0.15, 0.2) is 107 Å². The Balaban J connectivity index is 1.58. The first-order chi connectivity index (χ1) is 20.6. The van der Waals surface area contributed by atoms with Gasteiger partial charge in [0.25, 0.3) is 5.69 Å². The minimum Gasteiger partial charge on any atom is -0.271 e. The third kappa shape index (κ3) is 7.40. The van der Waals surface area contributed by atoms with Crippen LogP contribution in [0.5, 0.6) is 0 Å². The zero-order valence-electron chi connectivity index (χ0n) is 22.1. The summed E-state index contributed by atoms with van der Waals surface area (Å²) >= 11 is 14.1. The Morgan fingerprint density at radius 1 is 0.930 bits per heavy atom. The SMILES string of the molecule is O=[N+]([O-])c1ccc(S(=O)(=O)NC(Cc2ccccc2)c2nnc(SCc3ccc(F)cc3)n2-c2ccc(Cl)cc2Cl)cc1. The van der Waals surface area contributed by atoms with Crippen LogP contribution in [-0.4, -0.2) is 28.1 Å². The lowest BCUT2D eigenvalue weighted by Gasteiger charge is -2.21. The van der Waals surface area contributed by atoms with Crippen molar-refractivity contribution in [2.45, 2.75) is 28.3 Å². The quantitative estimate of drug-likeness (QED) is 0.0907. The summed E-state index contributed by atoms with van der Waals surface area (Å²) in [6.07, 6.45) is 0.193. The smallest absolute Gasteiger partial charge is 0.269 e. The number of nitro benzene ring substituents is 1. The van der Waals surface area contributed by atoms with E-state index in [-0.39, 0.29) is 33.7 Å². The van der Waals surface area contributed by atoms with E-state index in [1.807, 2.05) is 30.3 Å². The van der Waals surface area contributed by atoms with Crippen LogP contribution in [0.4, 0.5) is 10.1 Å². The lowest BCUT2D eigenvalue weighted by molar-refractivity contribution is -0.384. The minimum atomic E-state index is -4.19. The summed E-state index contributed by atoms with van der Waals surface area (Å²) in [5, 5.41) is 21.0. The van der Waals surface area contributed by atoms with Gasteiger partial charge in [-0.2, -0.15) is 0 Å². The van der Waals surface area contributed by atoms with Gasteiger partial charge in [-0.25, -0.2) is 17.5 Å². The van der Waals surface area contributed by atoms with Crippen molar-refractivity contribution < 1.29 is 17.7 Å². The highest BCUT2D eigenvalue weighted by atomic mass is 35.5. The number of non-ortho nitro benzene ring substituents is 1. The highest BCUT2D eigenvalue weighted by Crippen LogP contribution is 2.34. The fourth-order valence-electron chi connectivity index (χ4n) is 4.26. The average molecular weight is 659 g/mol. The van der Waals surface area contributed by atoms with E-state index in [2.05, 4.69) is 14.9 Å². The summed E-state index contributed by atoms with van der Waals surface area (Å²) in [5.41, 5.74) is 1.89. The molecule has 0 saturated heterocycles. The number of nitrogens with one attached hydrogen (secondary N) is 1. The van der Waals surface area contributed by atoms with Gasteiger partial charge in [0.2, 0.25) is 10.0 Å². The summed E-state index contributed by atoms with van der Waals surface area (Å²) in [4.78, 5) is 10.3.